The number of hydrogen-bond donors (Lipinski definition) is 3. The predicted octanol–water partition coefficient (Wildman–Crippen LogP) is 5.04. The highest BCUT2D eigenvalue weighted by atomic mass is 35.5. The lowest BCUT2D eigenvalue weighted by Crippen LogP contribution is -2.32. The number of hydrogen-bond acceptors (Lipinski definition) is 5. The van der Waals surface area contributed by atoms with Gasteiger partial charge in [-0.15, -0.1) is 0 Å². The molecule has 0 bridgehead atoms. The van der Waals surface area contributed by atoms with Crippen LogP contribution >= 0.6 is 23.2 Å². The second kappa shape index (κ2) is 8.97. The Kier molecular flexibility index (Phi) is 6.09. The number of benzene rings is 3. The summed E-state index contributed by atoms with van der Waals surface area (Å²) in [6.45, 7) is 1.70. The lowest BCUT2D eigenvalue weighted by Gasteiger charge is -2.18. The molecule has 4 rings (SSSR count). The number of nitrogens with one attached hydrogen (secondary N) is 2. The van der Waals surface area contributed by atoms with Gasteiger partial charge in [0.15, 0.2) is 0 Å². The van der Waals surface area contributed by atoms with E-state index in [-0.39, 0.29) is 16.5 Å². The van der Waals surface area contributed by atoms with Crippen LogP contribution in [0.2, 0.25) is 5.02 Å². The van der Waals surface area contributed by atoms with Crippen molar-refractivity contribution in [1.29, 1.82) is 0 Å². The van der Waals surface area contributed by atoms with E-state index >= 15 is 0 Å². The van der Waals surface area contributed by atoms with E-state index < -0.39 is 17.7 Å². The smallest absolute Gasteiger partial charge is 0.283 e. The second-order valence-electron chi connectivity index (χ2n) is 7.23. The van der Waals surface area contributed by atoms with Gasteiger partial charge in [0.05, 0.1) is 5.69 Å². The number of phenols is 1. The van der Waals surface area contributed by atoms with Crippen molar-refractivity contribution in [1.82, 2.24) is 0 Å². The van der Waals surface area contributed by atoms with Crippen molar-refractivity contribution >= 4 is 58.0 Å². The molecule has 3 amide bonds. The van der Waals surface area contributed by atoms with Crippen LogP contribution in [0.1, 0.15) is 15.9 Å². The van der Waals surface area contributed by atoms with E-state index in [2.05, 4.69) is 10.6 Å². The molecule has 0 spiro atoms. The number of nitrogens with zero attached hydrogens (tertiary/aromatic N) is 1. The molecule has 0 aromatic heterocycles. The summed E-state index contributed by atoms with van der Waals surface area (Å²) in [7, 11) is 0. The average molecular weight is 482 g/mol. The van der Waals surface area contributed by atoms with Gasteiger partial charge in [-0.25, -0.2) is 4.90 Å². The van der Waals surface area contributed by atoms with Crippen molar-refractivity contribution in [2.24, 2.45) is 0 Å². The lowest BCUT2D eigenvalue weighted by molar-refractivity contribution is -0.120. The van der Waals surface area contributed by atoms with Crippen molar-refractivity contribution in [3.63, 3.8) is 0 Å². The molecule has 3 N–H and O–H groups in total. The zero-order chi connectivity index (χ0) is 23.7. The van der Waals surface area contributed by atoms with Crippen molar-refractivity contribution < 1.29 is 19.5 Å². The summed E-state index contributed by atoms with van der Waals surface area (Å²) < 4.78 is 0. The fourth-order valence-corrected chi connectivity index (χ4v) is 3.72. The number of phenolic OH excluding ortho intramolecular Hbond substituents is 1. The number of aromatic hydroxyl groups is 1. The highest BCUT2D eigenvalue weighted by molar-refractivity contribution is 6.53. The van der Waals surface area contributed by atoms with Crippen LogP contribution in [-0.4, -0.2) is 22.8 Å². The number of amides is 3. The molecule has 1 heterocycles. The SMILES string of the molecule is Cc1c(Cl)cccc1N1C(=O)C(Cl)=C(Nc2cccc(C(=O)Nc3cccc(O)c3)c2)C1=O. The Morgan fingerprint density at radius 3 is 2.36 bits per heavy atom. The van der Waals surface area contributed by atoms with Gasteiger partial charge in [-0.3, -0.25) is 14.4 Å². The van der Waals surface area contributed by atoms with Gasteiger partial charge in [0.1, 0.15) is 16.5 Å². The molecule has 1 aliphatic heterocycles. The van der Waals surface area contributed by atoms with Crippen LogP contribution in [-0.2, 0) is 9.59 Å². The maximum Gasteiger partial charge on any atom is 0.283 e. The molecule has 0 unspecified atom stereocenters. The minimum atomic E-state index is -0.674. The van der Waals surface area contributed by atoms with Crippen LogP contribution in [0.25, 0.3) is 0 Å². The summed E-state index contributed by atoms with van der Waals surface area (Å²) in [6, 6.07) is 17.4. The molecule has 9 heteroatoms. The fourth-order valence-electron chi connectivity index (χ4n) is 3.34. The first-order valence-electron chi connectivity index (χ1n) is 9.77. The van der Waals surface area contributed by atoms with Crippen molar-refractivity contribution in [2.45, 2.75) is 6.92 Å². The number of carbonyl (C=O) groups is 3. The molecular weight excluding hydrogens is 465 g/mol. The van der Waals surface area contributed by atoms with Crippen LogP contribution in [0.5, 0.6) is 5.75 Å². The van der Waals surface area contributed by atoms with Gasteiger partial charge in [0, 0.05) is 28.0 Å². The van der Waals surface area contributed by atoms with Gasteiger partial charge in [-0.1, -0.05) is 41.4 Å². The molecule has 0 radical (unpaired) electrons. The Balaban J connectivity index is 1.56. The Morgan fingerprint density at radius 2 is 1.61 bits per heavy atom. The summed E-state index contributed by atoms with van der Waals surface area (Å²) in [5, 5.41) is 15.2. The van der Waals surface area contributed by atoms with Gasteiger partial charge in [-0.2, -0.15) is 0 Å². The van der Waals surface area contributed by atoms with Gasteiger partial charge in [-0.05, 0) is 55.0 Å². The second-order valence-corrected chi connectivity index (χ2v) is 8.01. The zero-order valence-corrected chi connectivity index (χ0v) is 18.7. The van der Waals surface area contributed by atoms with Crippen LogP contribution in [0, 0.1) is 6.92 Å². The summed E-state index contributed by atoms with van der Waals surface area (Å²) in [5.41, 5.74) is 1.90. The molecule has 0 saturated heterocycles. The first-order chi connectivity index (χ1) is 15.8. The maximum absolute atomic E-state index is 13.0. The number of halogens is 2. The highest BCUT2D eigenvalue weighted by Gasteiger charge is 2.39. The standard InChI is InChI=1S/C24H17Cl2N3O4/c1-13-18(25)9-4-10-19(13)29-23(32)20(26)21(24(29)33)27-15-6-2-5-14(11-15)22(31)28-16-7-3-8-17(30)12-16/h2-12,27,30H,1H3,(H,28,31). The summed E-state index contributed by atoms with van der Waals surface area (Å²) >= 11 is 12.3. The minimum absolute atomic E-state index is 0.0219. The normalized spacial score (nSPS) is 13.5. The Labute approximate surface area is 199 Å². The van der Waals surface area contributed by atoms with Gasteiger partial charge < -0.3 is 15.7 Å². The molecule has 0 aliphatic carbocycles. The third kappa shape index (κ3) is 4.41. The predicted molar refractivity (Wildman–Crippen MR) is 128 cm³/mol. The van der Waals surface area contributed by atoms with Crippen molar-refractivity contribution in [3.05, 3.63) is 93.6 Å². The molecule has 33 heavy (non-hydrogen) atoms. The fraction of sp³-hybridized carbons (Fsp3) is 0.0417. The first kappa shape index (κ1) is 22.4. The molecule has 0 saturated carbocycles. The van der Waals surface area contributed by atoms with Gasteiger partial charge in [0.2, 0.25) is 0 Å². The monoisotopic (exact) mass is 481 g/mol. The molecule has 3 aromatic carbocycles. The Bertz CT molecular complexity index is 1340. The van der Waals surface area contributed by atoms with E-state index in [9.17, 15) is 19.5 Å². The highest BCUT2D eigenvalue weighted by Crippen LogP contribution is 2.34. The van der Waals surface area contributed by atoms with Gasteiger partial charge >= 0.3 is 0 Å². The van der Waals surface area contributed by atoms with E-state index in [4.69, 9.17) is 23.2 Å². The quantitative estimate of drug-likeness (QED) is 0.443. The molecule has 0 atom stereocenters. The topological polar surface area (TPSA) is 98.7 Å². The lowest BCUT2D eigenvalue weighted by atomic mass is 10.1. The average Bonchev–Trinajstić information content (AvgIpc) is 2.99. The largest absolute Gasteiger partial charge is 0.508 e. The number of anilines is 3. The number of rotatable bonds is 5. The minimum Gasteiger partial charge on any atom is -0.508 e. The zero-order valence-electron chi connectivity index (χ0n) is 17.2. The van der Waals surface area contributed by atoms with Crippen LogP contribution in [0.3, 0.4) is 0 Å². The van der Waals surface area contributed by atoms with Crippen molar-refractivity contribution in [3.8, 4) is 5.75 Å². The van der Waals surface area contributed by atoms with E-state index in [0.717, 1.165) is 4.90 Å². The number of carbonyl (C=O) groups excluding carboxylic acids is 3. The van der Waals surface area contributed by atoms with E-state index in [0.29, 0.717) is 33.2 Å². The summed E-state index contributed by atoms with van der Waals surface area (Å²) in [5.74, 6) is -1.71. The summed E-state index contributed by atoms with van der Waals surface area (Å²) in [4.78, 5) is 39.3. The van der Waals surface area contributed by atoms with E-state index in [1.54, 1.807) is 55.5 Å². The first-order valence-corrected chi connectivity index (χ1v) is 10.5. The molecule has 1 aliphatic rings. The van der Waals surface area contributed by atoms with E-state index in [1.165, 1.54) is 18.2 Å². The third-order valence-corrected chi connectivity index (χ3v) is 5.77. The third-order valence-electron chi connectivity index (χ3n) is 5.01. The van der Waals surface area contributed by atoms with Crippen LogP contribution in [0.15, 0.2) is 77.5 Å². The molecule has 166 valence electrons. The summed E-state index contributed by atoms with van der Waals surface area (Å²) in [6.07, 6.45) is 0. The molecule has 3 aromatic rings. The molecular formula is C24H17Cl2N3O4. The van der Waals surface area contributed by atoms with Crippen LogP contribution in [0.4, 0.5) is 17.1 Å². The Hall–Kier alpha value is -3.81. The van der Waals surface area contributed by atoms with E-state index in [1.807, 2.05) is 0 Å². The van der Waals surface area contributed by atoms with Crippen molar-refractivity contribution in [2.75, 3.05) is 15.5 Å². The van der Waals surface area contributed by atoms with Crippen LogP contribution < -0.4 is 15.5 Å². The number of imide groups is 1. The molecule has 0 fully saturated rings. The maximum atomic E-state index is 13.0. The van der Waals surface area contributed by atoms with Gasteiger partial charge in [0.25, 0.3) is 17.7 Å². The Morgan fingerprint density at radius 1 is 0.909 bits per heavy atom. The molecule has 7 nitrogen and oxygen atoms in total.